The summed E-state index contributed by atoms with van der Waals surface area (Å²) >= 11 is 12.2. The molecule has 0 aliphatic carbocycles. The second-order valence-corrected chi connectivity index (χ2v) is 12.4. The third kappa shape index (κ3) is 7.06. The number of carbonyl (C=O) groups is 1. The fourth-order valence-electron chi connectivity index (χ4n) is 5.00. The second-order valence-electron chi connectivity index (χ2n) is 9.36. The van der Waals surface area contributed by atoms with E-state index in [4.69, 9.17) is 23.2 Å². The molecule has 5 atom stereocenters. The Morgan fingerprint density at radius 3 is 2.44 bits per heavy atom. The lowest BCUT2D eigenvalue weighted by Gasteiger charge is -2.43. The molecule has 1 aliphatic heterocycles. The third-order valence-corrected chi connectivity index (χ3v) is 8.03. The maximum absolute atomic E-state index is 14.3. The van der Waals surface area contributed by atoms with Gasteiger partial charge in [0.15, 0.2) is 0 Å². The molecule has 1 aliphatic rings. The number of amides is 1. The molecule has 1 fully saturated rings. The Hall–Kier alpha value is -1.89. The van der Waals surface area contributed by atoms with Crippen LogP contribution in [0.2, 0.25) is 10.0 Å². The summed E-state index contributed by atoms with van der Waals surface area (Å²) in [5, 5.41) is 3.99. The Morgan fingerprint density at radius 1 is 1.18 bits per heavy atom. The van der Waals surface area contributed by atoms with Gasteiger partial charge in [-0.25, -0.2) is 12.8 Å². The molecule has 1 amide bonds. The number of hydrogen-bond acceptors (Lipinski definition) is 3. The minimum absolute atomic E-state index is 0.0938. The zero-order valence-electron chi connectivity index (χ0n) is 19.3. The van der Waals surface area contributed by atoms with Crippen LogP contribution in [-0.4, -0.2) is 32.4 Å². The van der Waals surface area contributed by atoms with Gasteiger partial charge in [-0.3, -0.25) is 4.79 Å². The molecule has 184 valence electrons. The van der Waals surface area contributed by atoms with Crippen molar-refractivity contribution in [2.24, 2.45) is 17.8 Å². The summed E-state index contributed by atoms with van der Waals surface area (Å²) in [5.41, 5.74) is 1.67. The summed E-state index contributed by atoms with van der Waals surface area (Å²) in [5.74, 6) is -1.82. The molecule has 0 aromatic heterocycles. The highest BCUT2D eigenvalue weighted by Gasteiger charge is 2.42. The molecule has 2 aromatic rings. The van der Waals surface area contributed by atoms with Crippen LogP contribution < -0.4 is 5.32 Å². The number of rotatable bonds is 9. The van der Waals surface area contributed by atoms with Gasteiger partial charge in [0.2, 0.25) is 5.91 Å². The first-order valence-electron chi connectivity index (χ1n) is 11.3. The van der Waals surface area contributed by atoms with Crippen LogP contribution in [0.25, 0.3) is 0 Å². The third-order valence-electron chi connectivity index (χ3n) is 6.57. The standard InChI is InChI=1S/C26H30Cl2FNO3S/c1-4-5-18-13-23(19-11-21(28)14-22(29)12-19)25(30-26(18)31)24(15-34(3,32)33)16(2)10-17-6-8-20(27)9-7-17/h4,6-9,11-12,14,16,18,23-25H,1,5,10,13,15H2,2-3H3,(H,30,31)/t16-,18-,23+,24?,25-/m0/s1. The number of benzene rings is 2. The molecule has 8 heteroatoms. The average Bonchev–Trinajstić information content (AvgIpc) is 2.73. The van der Waals surface area contributed by atoms with E-state index in [1.165, 1.54) is 18.4 Å². The molecule has 0 bridgehead atoms. The lowest BCUT2D eigenvalue weighted by atomic mass is 9.71. The van der Waals surface area contributed by atoms with Crippen LogP contribution >= 0.6 is 23.2 Å². The van der Waals surface area contributed by atoms with E-state index in [1.807, 2.05) is 19.1 Å². The van der Waals surface area contributed by atoms with Crippen LogP contribution in [0.3, 0.4) is 0 Å². The Balaban J connectivity index is 2.02. The highest BCUT2D eigenvalue weighted by Crippen LogP contribution is 2.40. The fourth-order valence-corrected chi connectivity index (χ4v) is 6.59. The SMILES string of the molecule is C=CC[C@H]1C[C@H](c2cc(F)cc(Cl)c2)[C@@H](C(CS(C)(=O)=O)[C@@H](C)Cc2ccc(Cl)cc2)NC1=O. The zero-order chi connectivity index (χ0) is 25.0. The molecule has 2 aromatic carbocycles. The van der Waals surface area contributed by atoms with E-state index in [0.29, 0.717) is 29.8 Å². The normalized spacial score (nSPS) is 22.6. The number of allylic oxidation sites excluding steroid dienone is 1. The largest absolute Gasteiger partial charge is 0.352 e. The first-order valence-corrected chi connectivity index (χ1v) is 14.1. The van der Waals surface area contributed by atoms with Gasteiger partial charge in [-0.15, -0.1) is 6.58 Å². The molecule has 34 heavy (non-hydrogen) atoms. The molecule has 0 radical (unpaired) electrons. The van der Waals surface area contributed by atoms with Crippen molar-refractivity contribution in [1.29, 1.82) is 0 Å². The molecule has 0 spiro atoms. The van der Waals surface area contributed by atoms with Crippen molar-refractivity contribution in [1.82, 2.24) is 5.32 Å². The van der Waals surface area contributed by atoms with Crippen LogP contribution in [-0.2, 0) is 21.1 Å². The van der Waals surface area contributed by atoms with Crippen LogP contribution in [0.15, 0.2) is 55.1 Å². The van der Waals surface area contributed by atoms with Gasteiger partial charge in [0.25, 0.3) is 0 Å². The summed E-state index contributed by atoms with van der Waals surface area (Å²) in [7, 11) is -3.37. The molecule has 4 nitrogen and oxygen atoms in total. The first kappa shape index (κ1) is 26.7. The zero-order valence-corrected chi connectivity index (χ0v) is 21.6. The van der Waals surface area contributed by atoms with Crippen molar-refractivity contribution in [3.05, 3.63) is 82.1 Å². The van der Waals surface area contributed by atoms with Gasteiger partial charge in [-0.05, 0) is 72.6 Å². The van der Waals surface area contributed by atoms with Gasteiger partial charge in [-0.2, -0.15) is 0 Å². The maximum Gasteiger partial charge on any atom is 0.223 e. The average molecular weight is 527 g/mol. The summed E-state index contributed by atoms with van der Waals surface area (Å²) in [6, 6.07) is 11.3. The van der Waals surface area contributed by atoms with E-state index in [1.54, 1.807) is 24.3 Å². The molecule has 0 saturated carbocycles. The van der Waals surface area contributed by atoms with Crippen LogP contribution in [0, 0.1) is 23.6 Å². The van der Waals surface area contributed by atoms with Crippen molar-refractivity contribution in [3.63, 3.8) is 0 Å². The predicted molar refractivity (Wildman–Crippen MR) is 137 cm³/mol. The van der Waals surface area contributed by atoms with E-state index in [-0.39, 0.29) is 34.4 Å². The van der Waals surface area contributed by atoms with E-state index >= 15 is 0 Å². The quantitative estimate of drug-likeness (QED) is 0.418. The summed E-state index contributed by atoms with van der Waals surface area (Å²) < 4.78 is 39.2. The number of sulfone groups is 1. The van der Waals surface area contributed by atoms with Crippen molar-refractivity contribution in [3.8, 4) is 0 Å². The molecule has 1 saturated heterocycles. The monoisotopic (exact) mass is 525 g/mol. The van der Waals surface area contributed by atoms with Crippen molar-refractivity contribution < 1.29 is 17.6 Å². The number of nitrogens with one attached hydrogen (secondary N) is 1. The minimum Gasteiger partial charge on any atom is -0.352 e. The van der Waals surface area contributed by atoms with Gasteiger partial charge >= 0.3 is 0 Å². The number of carbonyl (C=O) groups excluding carboxylic acids is 1. The van der Waals surface area contributed by atoms with Crippen LogP contribution in [0.4, 0.5) is 4.39 Å². The van der Waals surface area contributed by atoms with E-state index in [2.05, 4.69) is 11.9 Å². The smallest absolute Gasteiger partial charge is 0.223 e. The molecule has 1 unspecified atom stereocenters. The van der Waals surface area contributed by atoms with Gasteiger partial charge in [0, 0.05) is 34.2 Å². The first-order chi connectivity index (χ1) is 16.0. The van der Waals surface area contributed by atoms with Crippen molar-refractivity contribution in [2.45, 2.75) is 38.1 Å². The highest BCUT2D eigenvalue weighted by molar-refractivity contribution is 7.90. The Kier molecular flexibility index (Phi) is 8.82. The van der Waals surface area contributed by atoms with Crippen LogP contribution in [0.1, 0.15) is 36.8 Å². The van der Waals surface area contributed by atoms with Crippen molar-refractivity contribution in [2.75, 3.05) is 12.0 Å². The molecular weight excluding hydrogens is 496 g/mol. The maximum atomic E-state index is 14.3. The lowest BCUT2D eigenvalue weighted by Crippen LogP contribution is -2.54. The lowest BCUT2D eigenvalue weighted by molar-refractivity contribution is -0.129. The second kappa shape index (κ2) is 11.2. The van der Waals surface area contributed by atoms with Gasteiger partial charge in [0.1, 0.15) is 15.7 Å². The van der Waals surface area contributed by atoms with E-state index in [0.717, 1.165) is 5.56 Å². The number of piperidine rings is 1. The van der Waals surface area contributed by atoms with Crippen molar-refractivity contribution >= 4 is 38.9 Å². The minimum atomic E-state index is -3.37. The molecular formula is C26H30Cl2FNO3S. The fraction of sp³-hybridized carbons (Fsp3) is 0.423. The number of hydrogen-bond donors (Lipinski definition) is 1. The highest BCUT2D eigenvalue weighted by atomic mass is 35.5. The van der Waals surface area contributed by atoms with Gasteiger partial charge < -0.3 is 5.32 Å². The Labute approximate surface area is 211 Å². The molecule has 1 heterocycles. The summed E-state index contributed by atoms with van der Waals surface area (Å²) in [6.45, 7) is 5.74. The summed E-state index contributed by atoms with van der Waals surface area (Å²) in [4.78, 5) is 13.0. The van der Waals surface area contributed by atoms with E-state index < -0.39 is 27.6 Å². The predicted octanol–water partition coefficient (Wildman–Crippen LogP) is 5.84. The van der Waals surface area contributed by atoms with E-state index in [9.17, 15) is 17.6 Å². The number of halogens is 3. The van der Waals surface area contributed by atoms with Gasteiger partial charge in [0.05, 0.1) is 5.75 Å². The topological polar surface area (TPSA) is 63.2 Å². The molecule has 1 N–H and O–H groups in total. The Morgan fingerprint density at radius 2 is 1.85 bits per heavy atom. The summed E-state index contributed by atoms with van der Waals surface area (Å²) in [6.07, 6.45) is 4.44. The van der Waals surface area contributed by atoms with Gasteiger partial charge in [-0.1, -0.05) is 48.3 Å². The molecule has 3 rings (SSSR count). The van der Waals surface area contributed by atoms with Crippen LogP contribution in [0.5, 0.6) is 0 Å². The Bertz CT molecular complexity index is 1120.